The van der Waals surface area contributed by atoms with Crippen LogP contribution in [0.1, 0.15) is 31.4 Å². The van der Waals surface area contributed by atoms with E-state index in [4.69, 9.17) is 4.74 Å². The summed E-state index contributed by atoms with van der Waals surface area (Å²) in [7, 11) is -3.42. The van der Waals surface area contributed by atoms with Crippen LogP contribution in [0.3, 0.4) is 0 Å². The van der Waals surface area contributed by atoms with E-state index in [1.54, 1.807) is 38.1 Å². The lowest BCUT2D eigenvalue weighted by molar-refractivity contribution is -0.144. The zero-order valence-corrected chi connectivity index (χ0v) is 21.2. The summed E-state index contributed by atoms with van der Waals surface area (Å²) in [5, 5.41) is 24.9. The van der Waals surface area contributed by atoms with Crippen LogP contribution in [0.5, 0.6) is 0 Å². The van der Waals surface area contributed by atoms with Crippen molar-refractivity contribution in [2.75, 3.05) is 6.26 Å². The molecule has 0 saturated carbocycles. The summed E-state index contributed by atoms with van der Waals surface area (Å²) in [4.78, 5) is 36.8. The maximum absolute atomic E-state index is 12.7. The molecule has 0 fully saturated rings. The first kappa shape index (κ1) is 28.8. The number of aliphatic hydroxyl groups is 1. The quantitative estimate of drug-likeness (QED) is 0.330. The van der Waals surface area contributed by atoms with Gasteiger partial charge in [0.2, 0.25) is 0 Å². The smallest absolute Gasteiger partial charge is 0.407 e. The number of hydrogen-bond donors (Lipinski definition) is 4. The third kappa shape index (κ3) is 9.31. The largest absolute Gasteiger partial charge is 0.480 e. The Morgan fingerprint density at radius 3 is 2.08 bits per heavy atom. The number of carbonyl (C=O) groups excluding carboxylic acids is 2. The molecule has 2 amide bonds. The molecule has 0 aliphatic heterocycles. The number of nitrogens with one attached hydrogen (secondary N) is 2. The van der Waals surface area contributed by atoms with E-state index >= 15 is 0 Å². The Morgan fingerprint density at radius 2 is 1.56 bits per heavy atom. The van der Waals surface area contributed by atoms with Crippen molar-refractivity contribution in [3.05, 3.63) is 65.7 Å². The normalized spacial score (nSPS) is 13.9. The van der Waals surface area contributed by atoms with Crippen LogP contribution < -0.4 is 10.6 Å². The van der Waals surface area contributed by atoms with Gasteiger partial charge in [0.15, 0.2) is 15.9 Å². The van der Waals surface area contributed by atoms with Gasteiger partial charge in [-0.15, -0.1) is 0 Å². The average Bonchev–Trinajstić information content (AvgIpc) is 2.81. The van der Waals surface area contributed by atoms with Gasteiger partial charge in [-0.1, -0.05) is 56.3 Å². The van der Waals surface area contributed by atoms with Crippen molar-refractivity contribution in [1.29, 1.82) is 0 Å². The second-order valence-corrected chi connectivity index (χ2v) is 10.9. The van der Waals surface area contributed by atoms with Crippen LogP contribution in [-0.2, 0) is 37.2 Å². The minimum absolute atomic E-state index is 0.0289. The number of aliphatic carboxylic acids is 1. The summed E-state index contributed by atoms with van der Waals surface area (Å²) >= 11 is 0. The highest BCUT2D eigenvalue weighted by molar-refractivity contribution is 7.90. The fraction of sp³-hybridized carbons (Fsp3) is 0.400. The molecule has 0 spiro atoms. The average molecular weight is 521 g/mol. The van der Waals surface area contributed by atoms with Crippen LogP contribution >= 0.6 is 0 Å². The Bertz CT molecular complexity index is 1130. The molecule has 11 heteroatoms. The summed E-state index contributed by atoms with van der Waals surface area (Å²) in [6.07, 6.45) is -1.53. The second kappa shape index (κ2) is 13.0. The molecule has 0 aliphatic rings. The van der Waals surface area contributed by atoms with E-state index in [9.17, 15) is 33.0 Å². The monoisotopic (exact) mass is 520 g/mol. The molecule has 0 aliphatic carbocycles. The van der Waals surface area contributed by atoms with Gasteiger partial charge in [0.25, 0.3) is 5.91 Å². The molecule has 0 bridgehead atoms. The maximum Gasteiger partial charge on any atom is 0.407 e. The molecule has 2 rings (SSSR count). The summed E-state index contributed by atoms with van der Waals surface area (Å²) in [6.45, 7) is 3.55. The molecule has 2 aromatic carbocycles. The van der Waals surface area contributed by atoms with E-state index in [0.29, 0.717) is 5.56 Å². The Kier molecular flexibility index (Phi) is 10.4. The highest BCUT2D eigenvalue weighted by atomic mass is 32.2. The second-order valence-electron chi connectivity index (χ2n) is 8.91. The van der Waals surface area contributed by atoms with Crippen molar-refractivity contribution in [3.8, 4) is 0 Å². The molecule has 0 aromatic heterocycles. The Balaban J connectivity index is 2.18. The van der Waals surface area contributed by atoms with Gasteiger partial charge >= 0.3 is 12.1 Å². The molecular weight excluding hydrogens is 488 g/mol. The molecule has 0 saturated heterocycles. The van der Waals surface area contributed by atoms with Gasteiger partial charge in [0.05, 0.1) is 10.9 Å². The molecule has 0 radical (unpaired) electrons. The Morgan fingerprint density at radius 1 is 0.944 bits per heavy atom. The number of carboxylic acids is 1. The number of amides is 2. The van der Waals surface area contributed by atoms with Crippen LogP contribution in [0, 0.1) is 5.92 Å². The van der Waals surface area contributed by atoms with Crippen molar-refractivity contribution >= 4 is 27.8 Å². The van der Waals surface area contributed by atoms with Crippen molar-refractivity contribution < 1.29 is 37.8 Å². The minimum Gasteiger partial charge on any atom is -0.480 e. The molecule has 0 heterocycles. The third-order valence-corrected chi connectivity index (χ3v) is 6.42. The van der Waals surface area contributed by atoms with Crippen LogP contribution in [0.15, 0.2) is 59.5 Å². The molecule has 0 unspecified atom stereocenters. The number of carboxylic acid groups (broad SMARTS) is 1. The zero-order chi connectivity index (χ0) is 26.9. The van der Waals surface area contributed by atoms with E-state index in [2.05, 4.69) is 10.6 Å². The zero-order valence-electron chi connectivity index (χ0n) is 20.4. The molecule has 36 heavy (non-hydrogen) atoms. The highest BCUT2D eigenvalue weighted by Gasteiger charge is 2.31. The standard InChI is InChI=1S/C25H32N2O8S/c1-16(2)13-21(24(30)31)26-23(29)22(28)20(14-17-9-11-19(12-10-17)36(3,33)34)27-25(32)35-15-18-7-5-4-6-8-18/h4-12,16,20-22,28H,13-15H2,1-3H3,(H,26,29)(H,27,32)(H,30,31)/t20-,21+,22+/m1/s1. The number of ether oxygens (including phenoxy) is 1. The number of benzene rings is 2. The van der Waals surface area contributed by atoms with Crippen LogP contribution in [0.4, 0.5) is 4.79 Å². The molecular formula is C25H32N2O8S. The summed E-state index contributed by atoms with van der Waals surface area (Å²) in [6, 6.07) is 12.3. The van der Waals surface area contributed by atoms with Gasteiger partial charge < -0.3 is 25.6 Å². The summed E-state index contributed by atoms with van der Waals surface area (Å²) in [5.41, 5.74) is 1.26. The van der Waals surface area contributed by atoms with Crippen molar-refractivity contribution in [1.82, 2.24) is 10.6 Å². The number of alkyl carbamates (subject to hydrolysis) is 1. The van der Waals surface area contributed by atoms with Crippen LogP contribution in [0.2, 0.25) is 0 Å². The third-order valence-electron chi connectivity index (χ3n) is 5.29. The highest BCUT2D eigenvalue weighted by Crippen LogP contribution is 2.14. The van der Waals surface area contributed by atoms with Gasteiger partial charge in [-0.25, -0.2) is 18.0 Å². The van der Waals surface area contributed by atoms with E-state index < -0.39 is 46.0 Å². The lowest BCUT2D eigenvalue weighted by atomic mass is 9.99. The molecule has 10 nitrogen and oxygen atoms in total. The lowest BCUT2D eigenvalue weighted by Gasteiger charge is -2.25. The van der Waals surface area contributed by atoms with Gasteiger partial charge in [-0.2, -0.15) is 0 Å². The van der Waals surface area contributed by atoms with Crippen LogP contribution in [-0.4, -0.2) is 61.0 Å². The topological polar surface area (TPSA) is 159 Å². The van der Waals surface area contributed by atoms with Crippen molar-refractivity contribution in [2.24, 2.45) is 5.92 Å². The Labute approximate surface area is 210 Å². The van der Waals surface area contributed by atoms with Gasteiger partial charge in [0, 0.05) is 6.26 Å². The number of carbonyl (C=O) groups is 3. The van der Waals surface area contributed by atoms with Gasteiger partial charge in [0.1, 0.15) is 12.6 Å². The fourth-order valence-electron chi connectivity index (χ4n) is 3.42. The minimum atomic E-state index is -3.42. The van der Waals surface area contributed by atoms with Crippen molar-refractivity contribution in [2.45, 2.75) is 56.4 Å². The van der Waals surface area contributed by atoms with Gasteiger partial charge in [-0.3, -0.25) is 4.79 Å². The van der Waals surface area contributed by atoms with Gasteiger partial charge in [-0.05, 0) is 42.0 Å². The molecule has 3 atom stereocenters. The fourth-order valence-corrected chi connectivity index (χ4v) is 4.05. The number of aliphatic hydroxyl groups excluding tert-OH is 1. The summed E-state index contributed by atoms with van der Waals surface area (Å²) < 4.78 is 28.6. The molecule has 4 N–H and O–H groups in total. The predicted molar refractivity (Wildman–Crippen MR) is 132 cm³/mol. The molecule has 2 aromatic rings. The maximum atomic E-state index is 12.7. The van der Waals surface area contributed by atoms with E-state index in [1.807, 2.05) is 6.07 Å². The number of sulfone groups is 1. The Hall–Kier alpha value is -3.44. The SMILES string of the molecule is CC(C)C[C@H](NC(=O)[C@@H](O)[C@@H](Cc1ccc(S(C)(=O)=O)cc1)NC(=O)OCc1ccccc1)C(=O)O. The van der Waals surface area contributed by atoms with E-state index in [1.165, 1.54) is 24.3 Å². The van der Waals surface area contributed by atoms with Crippen molar-refractivity contribution in [3.63, 3.8) is 0 Å². The summed E-state index contributed by atoms with van der Waals surface area (Å²) in [5.74, 6) is -2.24. The first-order valence-corrected chi connectivity index (χ1v) is 13.2. The first-order valence-electron chi connectivity index (χ1n) is 11.3. The van der Waals surface area contributed by atoms with E-state index in [-0.39, 0.29) is 30.3 Å². The predicted octanol–water partition coefficient (Wildman–Crippen LogP) is 1.90. The lowest BCUT2D eigenvalue weighted by Crippen LogP contribution is -2.54. The number of hydrogen-bond acceptors (Lipinski definition) is 7. The number of rotatable bonds is 12. The molecule has 196 valence electrons. The van der Waals surface area contributed by atoms with E-state index in [0.717, 1.165) is 11.8 Å². The van der Waals surface area contributed by atoms with Crippen LogP contribution in [0.25, 0.3) is 0 Å². The first-order chi connectivity index (χ1) is 16.9.